The van der Waals surface area contributed by atoms with Crippen molar-refractivity contribution >= 4 is 16.8 Å². The van der Waals surface area contributed by atoms with Gasteiger partial charge in [-0.1, -0.05) is 6.07 Å². The summed E-state index contributed by atoms with van der Waals surface area (Å²) < 4.78 is 5.35. The van der Waals surface area contributed by atoms with Crippen molar-refractivity contribution in [3.8, 4) is 5.75 Å². The number of benzene rings is 1. The van der Waals surface area contributed by atoms with Gasteiger partial charge in [0.05, 0.1) is 7.11 Å². The Hall–Kier alpha value is -1.97. The van der Waals surface area contributed by atoms with Crippen molar-refractivity contribution in [3.05, 3.63) is 30.0 Å². The van der Waals surface area contributed by atoms with Gasteiger partial charge in [-0.25, -0.2) is 0 Å². The Morgan fingerprint density at radius 2 is 2.29 bits per heavy atom. The molecule has 4 nitrogen and oxygen atoms in total. The summed E-state index contributed by atoms with van der Waals surface area (Å²) in [6, 6.07) is 5.91. The minimum absolute atomic E-state index is 0.00296. The van der Waals surface area contributed by atoms with Crippen molar-refractivity contribution in [2.75, 3.05) is 13.7 Å². The number of H-pyrrole nitrogens is 1. The van der Waals surface area contributed by atoms with E-state index in [1.807, 2.05) is 24.4 Å². The summed E-state index contributed by atoms with van der Waals surface area (Å²) in [5.74, 6) is 0.860. The van der Waals surface area contributed by atoms with Crippen LogP contribution in [0.25, 0.3) is 10.9 Å². The molecular formula is C13H16N2O2. The van der Waals surface area contributed by atoms with Gasteiger partial charge < -0.3 is 15.0 Å². The van der Waals surface area contributed by atoms with Gasteiger partial charge in [0.1, 0.15) is 5.75 Å². The SMILES string of the molecule is COc1cccc2[nH]cc(CCNC(C)=O)c12. The largest absolute Gasteiger partial charge is 0.496 e. The molecule has 0 atom stereocenters. The van der Waals surface area contributed by atoms with E-state index < -0.39 is 0 Å². The van der Waals surface area contributed by atoms with Crippen LogP contribution >= 0.6 is 0 Å². The molecule has 0 aliphatic carbocycles. The summed E-state index contributed by atoms with van der Waals surface area (Å²) in [5.41, 5.74) is 2.22. The molecule has 0 saturated heterocycles. The maximum absolute atomic E-state index is 10.8. The Labute approximate surface area is 100.0 Å². The Bertz CT molecular complexity index is 531. The zero-order valence-corrected chi connectivity index (χ0v) is 10.0. The number of hydrogen-bond acceptors (Lipinski definition) is 2. The van der Waals surface area contributed by atoms with E-state index in [9.17, 15) is 4.79 Å². The first-order chi connectivity index (χ1) is 8.22. The van der Waals surface area contributed by atoms with E-state index in [2.05, 4.69) is 10.3 Å². The van der Waals surface area contributed by atoms with E-state index >= 15 is 0 Å². The number of carbonyl (C=O) groups is 1. The highest BCUT2D eigenvalue weighted by atomic mass is 16.5. The monoisotopic (exact) mass is 232 g/mol. The molecule has 0 unspecified atom stereocenters. The quantitative estimate of drug-likeness (QED) is 0.845. The van der Waals surface area contributed by atoms with Crippen molar-refractivity contribution in [3.63, 3.8) is 0 Å². The molecule has 0 aliphatic rings. The minimum atomic E-state index is -0.00296. The molecule has 0 aliphatic heterocycles. The number of hydrogen-bond donors (Lipinski definition) is 2. The van der Waals surface area contributed by atoms with Crippen LogP contribution in [-0.4, -0.2) is 24.5 Å². The van der Waals surface area contributed by atoms with Crippen molar-refractivity contribution in [2.24, 2.45) is 0 Å². The van der Waals surface area contributed by atoms with Crippen molar-refractivity contribution < 1.29 is 9.53 Å². The lowest BCUT2D eigenvalue weighted by molar-refractivity contribution is -0.118. The molecule has 4 heteroatoms. The Balaban J connectivity index is 2.25. The van der Waals surface area contributed by atoms with Gasteiger partial charge in [0.15, 0.2) is 0 Å². The van der Waals surface area contributed by atoms with Gasteiger partial charge in [-0.05, 0) is 24.1 Å². The fourth-order valence-electron chi connectivity index (χ4n) is 1.96. The molecule has 90 valence electrons. The maximum Gasteiger partial charge on any atom is 0.216 e. The molecule has 2 rings (SSSR count). The highest BCUT2D eigenvalue weighted by molar-refractivity contribution is 5.89. The van der Waals surface area contributed by atoms with Crippen LogP contribution in [0.3, 0.4) is 0 Å². The van der Waals surface area contributed by atoms with Crippen LogP contribution in [0.5, 0.6) is 5.75 Å². The van der Waals surface area contributed by atoms with Crippen LogP contribution in [0.2, 0.25) is 0 Å². The highest BCUT2D eigenvalue weighted by Crippen LogP contribution is 2.28. The van der Waals surface area contributed by atoms with Crippen LogP contribution in [0.1, 0.15) is 12.5 Å². The second-order valence-electron chi connectivity index (χ2n) is 3.93. The Morgan fingerprint density at radius 1 is 1.47 bits per heavy atom. The maximum atomic E-state index is 10.8. The third-order valence-corrected chi connectivity index (χ3v) is 2.74. The number of aromatic nitrogens is 1. The first-order valence-corrected chi connectivity index (χ1v) is 5.59. The molecule has 2 N–H and O–H groups in total. The van der Waals surface area contributed by atoms with Crippen LogP contribution in [0, 0.1) is 0 Å². The third-order valence-electron chi connectivity index (χ3n) is 2.74. The second kappa shape index (κ2) is 4.91. The second-order valence-corrected chi connectivity index (χ2v) is 3.93. The summed E-state index contributed by atoms with van der Waals surface area (Å²) >= 11 is 0. The molecule has 1 aromatic carbocycles. The van der Waals surface area contributed by atoms with E-state index in [1.165, 1.54) is 6.92 Å². The number of carbonyl (C=O) groups excluding carboxylic acids is 1. The lowest BCUT2D eigenvalue weighted by atomic mass is 10.1. The number of ether oxygens (including phenoxy) is 1. The number of amides is 1. The summed E-state index contributed by atoms with van der Waals surface area (Å²) in [5, 5.41) is 3.89. The predicted octanol–water partition coefficient (Wildman–Crippen LogP) is 1.86. The standard InChI is InChI=1S/C13H16N2O2/c1-9(16)14-7-6-10-8-15-11-4-3-5-12(17-2)13(10)11/h3-5,8,15H,6-7H2,1-2H3,(H,14,16). The van der Waals surface area contributed by atoms with Crippen molar-refractivity contribution in [2.45, 2.75) is 13.3 Å². The Kier molecular flexibility index (Phi) is 3.32. The molecule has 0 bridgehead atoms. The zero-order valence-electron chi connectivity index (χ0n) is 10.0. The highest BCUT2D eigenvalue weighted by Gasteiger charge is 2.08. The first kappa shape index (κ1) is 11.5. The molecule has 0 fully saturated rings. The number of aromatic amines is 1. The molecule has 2 aromatic rings. The summed E-state index contributed by atoms with van der Waals surface area (Å²) in [6.45, 7) is 2.16. The molecule has 1 heterocycles. The zero-order chi connectivity index (χ0) is 12.3. The number of nitrogens with one attached hydrogen (secondary N) is 2. The van der Waals surface area contributed by atoms with Gasteiger partial charge in [0.2, 0.25) is 5.91 Å². The van der Waals surface area contributed by atoms with Crippen LogP contribution in [0.4, 0.5) is 0 Å². The summed E-state index contributed by atoms with van der Waals surface area (Å²) in [6.07, 6.45) is 2.76. The van der Waals surface area contributed by atoms with Gasteiger partial charge in [-0.2, -0.15) is 0 Å². The van der Waals surface area contributed by atoms with Gasteiger partial charge >= 0.3 is 0 Å². The molecule has 1 aromatic heterocycles. The van der Waals surface area contributed by atoms with Crippen LogP contribution in [0.15, 0.2) is 24.4 Å². The topological polar surface area (TPSA) is 54.1 Å². The smallest absolute Gasteiger partial charge is 0.216 e. The summed E-state index contributed by atoms with van der Waals surface area (Å²) in [4.78, 5) is 14.0. The normalized spacial score (nSPS) is 10.5. The molecule has 0 spiro atoms. The fraction of sp³-hybridized carbons (Fsp3) is 0.308. The molecule has 17 heavy (non-hydrogen) atoms. The third kappa shape index (κ3) is 2.41. The molecule has 0 radical (unpaired) electrons. The average Bonchev–Trinajstić information content (AvgIpc) is 2.72. The number of methoxy groups -OCH3 is 1. The van der Waals surface area contributed by atoms with Crippen molar-refractivity contribution in [1.29, 1.82) is 0 Å². The minimum Gasteiger partial charge on any atom is -0.496 e. The molecule has 0 saturated carbocycles. The number of rotatable bonds is 4. The fourth-order valence-corrected chi connectivity index (χ4v) is 1.96. The van der Waals surface area contributed by atoms with E-state index in [0.717, 1.165) is 28.6 Å². The van der Waals surface area contributed by atoms with E-state index in [0.29, 0.717) is 6.54 Å². The van der Waals surface area contributed by atoms with Gasteiger partial charge in [-0.15, -0.1) is 0 Å². The molecular weight excluding hydrogens is 216 g/mol. The lowest BCUT2D eigenvalue weighted by Crippen LogP contribution is -2.22. The lowest BCUT2D eigenvalue weighted by Gasteiger charge is -2.05. The van der Waals surface area contributed by atoms with Crippen molar-refractivity contribution in [1.82, 2.24) is 10.3 Å². The van der Waals surface area contributed by atoms with E-state index in [4.69, 9.17) is 4.74 Å². The summed E-state index contributed by atoms with van der Waals surface area (Å²) in [7, 11) is 1.67. The average molecular weight is 232 g/mol. The number of fused-ring (bicyclic) bond motifs is 1. The van der Waals surface area contributed by atoms with Gasteiger partial charge in [0, 0.05) is 30.6 Å². The van der Waals surface area contributed by atoms with Crippen LogP contribution < -0.4 is 10.1 Å². The first-order valence-electron chi connectivity index (χ1n) is 5.59. The van der Waals surface area contributed by atoms with E-state index in [1.54, 1.807) is 7.11 Å². The van der Waals surface area contributed by atoms with Crippen LogP contribution in [-0.2, 0) is 11.2 Å². The van der Waals surface area contributed by atoms with Gasteiger partial charge in [-0.3, -0.25) is 4.79 Å². The van der Waals surface area contributed by atoms with E-state index in [-0.39, 0.29) is 5.91 Å². The Morgan fingerprint density at radius 3 is 3.00 bits per heavy atom. The predicted molar refractivity (Wildman–Crippen MR) is 67.2 cm³/mol. The van der Waals surface area contributed by atoms with Gasteiger partial charge in [0.25, 0.3) is 0 Å². The molecule has 1 amide bonds.